The molecule has 0 fully saturated rings. The molecule has 1 aliphatic rings. The van der Waals surface area contributed by atoms with E-state index in [0.29, 0.717) is 11.5 Å². The molecule has 0 aromatic carbocycles. The van der Waals surface area contributed by atoms with Gasteiger partial charge in [0.15, 0.2) is 0 Å². The van der Waals surface area contributed by atoms with Gasteiger partial charge in [-0.2, -0.15) is 0 Å². The molecule has 0 radical (unpaired) electrons. The second-order valence-electron chi connectivity index (χ2n) is 5.47. The molecular weight excluding hydrogens is 186 g/mol. The number of hydrogen-bond acceptors (Lipinski definition) is 2. The first kappa shape index (κ1) is 12.6. The molecule has 1 rings (SSSR count). The number of ether oxygens (including phenoxy) is 1. The minimum atomic E-state index is 0.342. The van der Waals surface area contributed by atoms with Crippen molar-refractivity contribution in [3.63, 3.8) is 0 Å². The third-order valence-electron chi connectivity index (χ3n) is 2.57. The van der Waals surface area contributed by atoms with E-state index in [-0.39, 0.29) is 0 Å². The first-order chi connectivity index (χ1) is 7.03. The molecule has 0 aromatic rings. The van der Waals surface area contributed by atoms with Gasteiger partial charge in [-0.15, -0.1) is 0 Å². The monoisotopic (exact) mass is 211 g/mol. The summed E-state index contributed by atoms with van der Waals surface area (Å²) < 4.78 is 5.74. The number of hydrogen-bond donors (Lipinski definition) is 1. The second-order valence-corrected chi connectivity index (χ2v) is 5.47. The van der Waals surface area contributed by atoms with Crippen LogP contribution in [0.4, 0.5) is 0 Å². The predicted octanol–water partition coefficient (Wildman–Crippen LogP) is 3.10. The van der Waals surface area contributed by atoms with Crippen molar-refractivity contribution in [2.45, 2.75) is 53.0 Å². The Bertz CT molecular complexity index is 215. The Kier molecular flexibility index (Phi) is 4.65. The van der Waals surface area contributed by atoms with Crippen molar-refractivity contribution < 1.29 is 4.74 Å². The summed E-state index contributed by atoms with van der Waals surface area (Å²) in [6.07, 6.45) is 5.72. The molecule has 1 atom stereocenters. The maximum Gasteiger partial charge on any atom is 0.109 e. The fraction of sp³-hybridized carbons (Fsp3) is 0.846. The summed E-state index contributed by atoms with van der Waals surface area (Å²) in [6.45, 7) is 10.9. The zero-order valence-electron chi connectivity index (χ0n) is 10.6. The van der Waals surface area contributed by atoms with Crippen LogP contribution in [-0.4, -0.2) is 19.2 Å². The van der Waals surface area contributed by atoms with Gasteiger partial charge in [0.25, 0.3) is 0 Å². The highest BCUT2D eigenvalue weighted by atomic mass is 16.5. The van der Waals surface area contributed by atoms with Gasteiger partial charge in [-0.05, 0) is 37.3 Å². The Morgan fingerprint density at radius 3 is 2.67 bits per heavy atom. The molecule has 0 bridgehead atoms. The van der Waals surface area contributed by atoms with E-state index < -0.39 is 0 Å². The first-order valence-electron chi connectivity index (χ1n) is 6.09. The Labute approximate surface area is 94.1 Å². The normalized spacial score (nSPS) is 19.3. The van der Waals surface area contributed by atoms with Crippen molar-refractivity contribution in [1.29, 1.82) is 0 Å². The minimum absolute atomic E-state index is 0.342. The highest BCUT2D eigenvalue weighted by Crippen LogP contribution is 2.26. The van der Waals surface area contributed by atoms with Crippen molar-refractivity contribution >= 4 is 0 Å². The lowest BCUT2D eigenvalue weighted by molar-refractivity contribution is 0.153. The van der Waals surface area contributed by atoms with Gasteiger partial charge >= 0.3 is 0 Å². The maximum absolute atomic E-state index is 5.74. The standard InChI is InChI=1S/C13H25NO/c1-5-14-11(10-13(2,3)4)12-8-6-7-9-15-12/h8,11,14H,5-7,9-10H2,1-4H3. The SMILES string of the molecule is CCNC(CC(C)(C)C)C1=CCCCO1. The average molecular weight is 211 g/mol. The fourth-order valence-corrected chi connectivity index (χ4v) is 1.95. The maximum atomic E-state index is 5.74. The molecule has 0 saturated heterocycles. The van der Waals surface area contributed by atoms with E-state index in [4.69, 9.17) is 4.74 Å². The summed E-state index contributed by atoms with van der Waals surface area (Å²) in [7, 11) is 0. The summed E-state index contributed by atoms with van der Waals surface area (Å²) in [4.78, 5) is 0. The Hall–Kier alpha value is -0.500. The van der Waals surface area contributed by atoms with Crippen LogP contribution in [0.2, 0.25) is 0 Å². The van der Waals surface area contributed by atoms with E-state index >= 15 is 0 Å². The third kappa shape index (κ3) is 4.70. The van der Waals surface area contributed by atoms with E-state index in [2.05, 4.69) is 39.1 Å². The van der Waals surface area contributed by atoms with Crippen LogP contribution in [0.5, 0.6) is 0 Å². The molecule has 1 unspecified atom stereocenters. The van der Waals surface area contributed by atoms with Crippen molar-refractivity contribution in [3.05, 3.63) is 11.8 Å². The Balaban J connectivity index is 2.60. The third-order valence-corrected chi connectivity index (χ3v) is 2.57. The van der Waals surface area contributed by atoms with Crippen LogP contribution in [0.15, 0.2) is 11.8 Å². The summed E-state index contributed by atoms with van der Waals surface area (Å²) in [6, 6.07) is 0.398. The Morgan fingerprint density at radius 2 is 2.20 bits per heavy atom. The van der Waals surface area contributed by atoms with Gasteiger partial charge in [0.1, 0.15) is 5.76 Å². The number of rotatable bonds is 4. The van der Waals surface area contributed by atoms with Crippen LogP contribution >= 0.6 is 0 Å². The van der Waals surface area contributed by atoms with E-state index in [1.165, 1.54) is 6.42 Å². The number of likely N-dealkylation sites (N-methyl/N-ethyl adjacent to an activating group) is 1. The molecule has 2 heteroatoms. The van der Waals surface area contributed by atoms with Gasteiger partial charge in [0.2, 0.25) is 0 Å². The molecule has 2 nitrogen and oxygen atoms in total. The van der Waals surface area contributed by atoms with E-state index in [0.717, 1.165) is 31.8 Å². The lowest BCUT2D eigenvalue weighted by atomic mass is 9.87. The topological polar surface area (TPSA) is 21.3 Å². The quantitative estimate of drug-likeness (QED) is 0.771. The van der Waals surface area contributed by atoms with Crippen molar-refractivity contribution in [2.24, 2.45) is 5.41 Å². The first-order valence-corrected chi connectivity index (χ1v) is 6.09. The van der Waals surface area contributed by atoms with E-state index in [1.54, 1.807) is 0 Å². The van der Waals surface area contributed by atoms with Crippen LogP contribution < -0.4 is 5.32 Å². The van der Waals surface area contributed by atoms with Gasteiger partial charge in [-0.3, -0.25) is 0 Å². The van der Waals surface area contributed by atoms with Gasteiger partial charge < -0.3 is 10.1 Å². The molecule has 1 heterocycles. The van der Waals surface area contributed by atoms with Gasteiger partial charge in [0, 0.05) is 0 Å². The summed E-state index contributed by atoms with van der Waals surface area (Å²) in [5.41, 5.74) is 0.342. The predicted molar refractivity (Wildman–Crippen MR) is 64.8 cm³/mol. The smallest absolute Gasteiger partial charge is 0.109 e. The molecule has 0 aliphatic carbocycles. The molecule has 1 N–H and O–H groups in total. The molecular formula is C13H25NO. The fourth-order valence-electron chi connectivity index (χ4n) is 1.95. The number of nitrogens with one attached hydrogen (secondary N) is 1. The molecule has 1 aliphatic heterocycles. The minimum Gasteiger partial charge on any atom is -0.497 e. The zero-order chi connectivity index (χ0) is 11.3. The number of allylic oxidation sites excluding steroid dienone is 1. The lowest BCUT2D eigenvalue weighted by Gasteiger charge is -2.29. The molecule has 0 amide bonds. The van der Waals surface area contributed by atoms with Crippen molar-refractivity contribution in [1.82, 2.24) is 5.32 Å². The van der Waals surface area contributed by atoms with Gasteiger partial charge in [-0.1, -0.05) is 27.7 Å². The van der Waals surface area contributed by atoms with E-state index in [9.17, 15) is 0 Å². The molecule has 0 aromatic heterocycles. The van der Waals surface area contributed by atoms with E-state index in [1.807, 2.05) is 0 Å². The van der Waals surface area contributed by atoms with Gasteiger partial charge in [-0.25, -0.2) is 0 Å². The van der Waals surface area contributed by atoms with Crippen LogP contribution in [0.1, 0.15) is 47.0 Å². The lowest BCUT2D eigenvalue weighted by Crippen LogP contribution is -2.36. The van der Waals surface area contributed by atoms with Crippen molar-refractivity contribution in [3.8, 4) is 0 Å². The van der Waals surface area contributed by atoms with Crippen LogP contribution in [0.25, 0.3) is 0 Å². The Morgan fingerprint density at radius 1 is 1.47 bits per heavy atom. The summed E-state index contributed by atoms with van der Waals surface area (Å²) in [5.74, 6) is 1.16. The van der Waals surface area contributed by atoms with Crippen LogP contribution in [0, 0.1) is 5.41 Å². The van der Waals surface area contributed by atoms with Crippen molar-refractivity contribution in [2.75, 3.05) is 13.2 Å². The van der Waals surface area contributed by atoms with Crippen LogP contribution in [-0.2, 0) is 4.74 Å². The largest absolute Gasteiger partial charge is 0.497 e. The van der Waals surface area contributed by atoms with Crippen LogP contribution in [0.3, 0.4) is 0 Å². The highest BCUT2D eigenvalue weighted by Gasteiger charge is 2.23. The highest BCUT2D eigenvalue weighted by molar-refractivity contribution is 5.06. The summed E-state index contributed by atoms with van der Waals surface area (Å²) >= 11 is 0. The zero-order valence-corrected chi connectivity index (χ0v) is 10.6. The summed E-state index contributed by atoms with van der Waals surface area (Å²) in [5, 5.41) is 3.52. The molecule has 0 saturated carbocycles. The molecule has 15 heavy (non-hydrogen) atoms. The second kappa shape index (κ2) is 5.55. The average Bonchev–Trinajstić information content (AvgIpc) is 2.17. The van der Waals surface area contributed by atoms with Gasteiger partial charge in [0.05, 0.1) is 12.6 Å². The molecule has 0 spiro atoms. The molecule has 88 valence electrons.